The van der Waals surface area contributed by atoms with Gasteiger partial charge in [-0.05, 0) is 50.8 Å². The standard InChI is InChI=1S/C16H24N2O/c1-13-6-3-4-7-14(13)8-9-15(19)17-12-16(2)10-5-11-18-16/h3-4,6-7,18H,5,8-12H2,1-2H3,(H,17,19). The van der Waals surface area contributed by atoms with Gasteiger partial charge in [-0.2, -0.15) is 0 Å². The van der Waals surface area contributed by atoms with E-state index in [9.17, 15) is 4.79 Å². The molecular weight excluding hydrogens is 236 g/mol. The summed E-state index contributed by atoms with van der Waals surface area (Å²) in [7, 11) is 0. The Balaban J connectivity index is 1.74. The second-order valence-electron chi connectivity index (χ2n) is 5.79. The smallest absolute Gasteiger partial charge is 0.220 e. The molecule has 3 heteroatoms. The fraction of sp³-hybridized carbons (Fsp3) is 0.562. The van der Waals surface area contributed by atoms with Gasteiger partial charge in [0, 0.05) is 18.5 Å². The molecule has 1 aliphatic heterocycles. The lowest BCUT2D eigenvalue weighted by Crippen LogP contribution is -2.47. The normalized spacial score (nSPS) is 22.4. The number of hydrogen-bond donors (Lipinski definition) is 2. The van der Waals surface area contributed by atoms with E-state index in [1.54, 1.807) is 0 Å². The Morgan fingerprint density at radius 1 is 1.42 bits per heavy atom. The van der Waals surface area contributed by atoms with Gasteiger partial charge in [0.2, 0.25) is 5.91 Å². The van der Waals surface area contributed by atoms with E-state index in [2.05, 4.69) is 36.6 Å². The zero-order chi connectivity index (χ0) is 13.7. The Labute approximate surface area is 115 Å². The third-order valence-corrected chi connectivity index (χ3v) is 4.02. The van der Waals surface area contributed by atoms with Crippen molar-refractivity contribution < 1.29 is 4.79 Å². The number of hydrogen-bond acceptors (Lipinski definition) is 2. The number of carbonyl (C=O) groups excluding carboxylic acids is 1. The quantitative estimate of drug-likeness (QED) is 0.852. The molecular formula is C16H24N2O. The molecule has 1 atom stereocenters. The molecule has 1 unspecified atom stereocenters. The second-order valence-corrected chi connectivity index (χ2v) is 5.79. The average molecular weight is 260 g/mol. The molecule has 1 amide bonds. The molecule has 2 rings (SSSR count). The topological polar surface area (TPSA) is 41.1 Å². The van der Waals surface area contributed by atoms with Gasteiger partial charge in [0.15, 0.2) is 0 Å². The summed E-state index contributed by atoms with van der Waals surface area (Å²) in [5.41, 5.74) is 2.63. The molecule has 0 aliphatic carbocycles. The molecule has 1 aromatic carbocycles. The minimum atomic E-state index is 0.0956. The van der Waals surface area contributed by atoms with Crippen molar-refractivity contribution in [2.45, 2.75) is 45.1 Å². The molecule has 0 bridgehead atoms. The zero-order valence-electron chi connectivity index (χ0n) is 12.0. The summed E-state index contributed by atoms with van der Waals surface area (Å²) < 4.78 is 0. The SMILES string of the molecule is Cc1ccccc1CCC(=O)NCC1(C)CCCN1. The Bertz CT molecular complexity index is 436. The van der Waals surface area contributed by atoms with Crippen LogP contribution < -0.4 is 10.6 Å². The summed E-state index contributed by atoms with van der Waals surface area (Å²) >= 11 is 0. The molecule has 1 aromatic rings. The van der Waals surface area contributed by atoms with Crippen LogP contribution in [0.1, 0.15) is 37.3 Å². The maximum atomic E-state index is 11.9. The van der Waals surface area contributed by atoms with Crippen molar-refractivity contribution in [1.82, 2.24) is 10.6 Å². The van der Waals surface area contributed by atoms with E-state index in [0.717, 1.165) is 25.9 Å². The molecule has 19 heavy (non-hydrogen) atoms. The van der Waals surface area contributed by atoms with Gasteiger partial charge >= 0.3 is 0 Å². The first kappa shape index (κ1) is 14.1. The van der Waals surface area contributed by atoms with Crippen molar-refractivity contribution in [2.75, 3.05) is 13.1 Å². The van der Waals surface area contributed by atoms with Crippen LogP contribution in [-0.4, -0.2) is 24.5 Å². The maximum Gasteiger partial charge on any atom is 0.220 e. The molecule has 0 spiro atoms. The molecule has 1 fully saturated rings. The zero-order valence-corrected chi connectivity index (χ0v) is 12.0. The number of amides is 1. The van der Waals surface area contributed by atoms with Crippen LogP contribution >= 0.6 is 0 Å². The first-order chi connectivity index (χ1) is 9.09. The van der Waals surface area contributed by atoms with Gasteiger partial charge in [0.05, 0.1) is 0 Å². The largest absolute Gasteiger partial charge is 0.354 e. The maximum absolute atomic E-state index is 11.9. The van der Waals surface area contributed by atoms with Crippen LogP contribution in [0.3, 0.4) is 0 Å². The van der Waals surface area contributed by atoms with Gasteiger partial charge in [-0.1, -0.05) is 24.3 Å². The number of aryl methyl sites for hydroxylation is 2. The first-order valence-corrected chi connectivity index (χ1v) is 7.15. The highest BCUT2D eigenvalue weighted by atomic mass is 16.1. The van der Waals surface area contributed by atoms with E-state index in [4.69, 9.17) is 0 Å². The van der Waals surface area contributed by atoms with Crippen molar-refractivity contribution in [1.29, 1.82) is 0 Å². The van der Waals surface area contributed by atoms with Crippen LogP contribution in [0.2, 0.25) is 0 Å². The van der Waals surface area contributed by atoms with Crippen molar-refractivity contribution in [3.63, 3.8) is 0 Å². The van der Waals surface area contributed by atoms with Gasteiger partial charge in [-0.25, -0.2) is 0 Å². The van der Waals surface area contributed by atoms with Crippen molar-refractivity contribution in [2.24, 2.45) is 0 Å². The van der Waals surface area contributed by atoms with Gasteiger partial charge in [-0.15, -0.1) is 0 Å². The van der Waals surface area contributed by atoms with Crippen LogP contribution in [0, 0.1) is 6.92 Å². The minimum Gasteiger partial charge on any atom is -0.354 e. The molecule has 0 aromatic heterocycles. The lowest BCUT2D eigenvalue weighted by atomic mass is 10.00. The van der Waals surface area contributed by atoms with Crippen LogP contribution in [0.4, 0.5) is 0 Å². The molecule has 1 aliphatic rings. The number of rotatable bonds is 5. The molecule has 1 saturated heterocycles. The van der Waals surface area contributed by atoms with Gasteiger partial charge in [0.1, 0.15) is 0 Å². The Hall–Kier alpha value is -1.35. The summed E-state index contributed by atoms with van der Waals surface area (Å²) in [6.07, 6.45) is 3.74. The average Bonchev–Trinajstić information content (AvgIpc) is 2.83. The van der Waals surface area contributed by atoms with Crippen molar-refractivity contribution in [3.8, 4) is 0 Å². The van der Waals surface area contributed by atoms with Gasteiger partial charge < -0.3 is 10.6 Å². The summed E-state index contributed by atoms with van der Waals surface area (Å²) in [6.45, 7) is 6.08. The predicted octanol–water partition coefficient (Wildman–Crippen LogP) is 2.19. The highest BCUT2D eigenvalue weighted by molar-refractivity contribution is 5.76. The Kier molecular flexibility index (Phi) is 4.59. The van der Waals surface area contributed by atoms with Crippen LogP contribution in [0.15, 0.2) is 24.3 Å². The van der Waals surface area contributed by atoms with E-state index >= 15 is 0 Å². The monoisotopic (exact) mass is 260 g/mol. The van der Waals surface area contributed by atoms with E-state index in [-0.39, 0.29) is 11.4 Å². The Morgan fingerprint density at radius 2 is 2.21 bits per heavy atom. The fourth-order valence-corrected chi connectivity index (χ4v) is 2.63. The second kappa shape index (κ2) is 6.20. The van der Waals surface area contributed by atoms with E-state index in [0.29, 0.717) is 6.42 Å². The summed E-state index contributed by atoms with van der Waals surface area (Å²) in [4.78, 5) is 11.9. The Morgan fingerprint density at radius 3 is 2.89 bits per heavy atom. The predicted molar refractivity (Wildman–Crippen MR) is 78.2 cm³/mol. The summed E-state index contributed by atoms with van der Waals surface area (Å²) in [5.74, 6) is 0.151. The minimum absolute atomic E-state index is 0.0956. The van der Waals surface area contributed by atoms with Crippen molar-refractivity contribution >= 4 is 5.91 Å². The van der Waals surface area contributed by atoms with Crippen LogP contribution in [0.25, 0.3) is 0 Å². The van der Waals surface area contributed by atoms with Gasteiger partial charge in [-0.3, -0.25) is 4.79 Å². The molecule has 104 valence electrons. The third-order valence-electron chi connectivity index (χ3n) is 4.02. The molecule has 1 heterocycles. The molecule has 0 saturated carbocycles. The molecule has 3 nitrogen and oxygen atoms in total. The van der Waals surface area contributed by atoms with E-state index in [1.165, 1.54) is 17.5 Å². The number of nitrogens with one attached hydrogen (secondary N) is 2. The van der Waals surface area contributed by atoms with Crippen molar-refractivity contribution in [3.05, 3.63) is 35.4 Å². The molecule has 0 radical (unpaired) electrons. The third kappa shape index (κ3) is 4.06. The fourth-order valence-electron chi connectivity index (χ4n) is 2.63. The number of benzene rings is 1. The number of carbonyl (C=O) groups is 1. The molecule has 2 N–H and O–H groups in total. The first-order valence-electron chi connectivity index (χ1n) is 7.15. The lowest BCUT2D eigenvalue weighted by molar-refractivity contribution is -0.121. The van der Waals surface area contributed by atoms with E-state index in [1.807, 2.05) is 12.1 Å². The van der Waals surface area contributed by atoms with Crippen LogP contribution in [-0.2, 0) is 11.2 Å². The summed E-state index contributed by atoms with van der Waals surface area (Å²) in [6, 6.07) is 8.26. The highest BCUT2D eigenvalue weighted by Gasteiger charge is 2.27. The van der Waals surface area contributed by atoms with Gasteiger partial charge in [0.25, 0.3) is 0 Å². The highest BCUT2D eigenvalue weighted by Crippen LogP contribution is 2.17. The van der Waals surface area contributed by atoms with E-state index < -0.39 is 0 Å². The lowest BCUT2D eigenvalue weighted by Gasteiger charge is -2.24. The van der Waals surface area contributed by atoms with Crippen LogP contribution in [0.5, 0.6) is 0 Å². The summed E-state index contributed by atoms with van der Waals surface area (Å²) in [5, 5.41) is 6.51.